The minimum Gasteiger partial charge on any atom is -0.505 e. The molecular weight excluding hydrogens is 240 g/mol. The van der Waals surface area contributed by atoms with Gasteiger partial charge in [0.25, 0.3) is 5.91 Å². The van der Waals surface area contributed by atoms with Gasteiger partial charge in [0.15, 0.2) is 5.69 Å². The van der Waals surface area contributed by atoms with Crippen molar-refractivity contribution >= 4 is 5.91 Å². The summed E-state index contributed by atoms with van der Waals surface area (Å²) in [7, 11) is 0. The molecule has 1 saturated heterocycles. The van der Waals surface area contributed by atoms with E-state index >= 15 is 0 Å². The summed E-state index contributed by atoms with van der Waals surface area (Å²) >= 11 is 0. The third kappa shape index (κ3) is 2.09. The van der Waals surface area contributed by atoms with Crippen molar-refractivity contribution in [3.05, 3.63) is 24.0 Å². The van der Waals surface area contributed by atoms with Gasteiger partial charge >= 0.3 is 0 Å². The van der Waals surface area contributed by atoms with Crippen molar-refractivity contribution in [2.45, 2.75) is 38.6 Å². The van der Waals surface area contributed by atoms with Crippen molar-refractivity contribution < 1.29 is 9.90 Å². The standard InChI is InChI=1S/C15H20N2O2/c1-10-9-17(12-6-3-2-5-11(10)12)15(19)14-13(18)7-4-8-16-14/h4,7-8,10-12,18H,2-3,5-6,9H2,1H3/t10-,11-,12+/m1/s1. The number of nitrogens with zero attached hydrogens (tertiary/aromatic N) is 2. The van der Waals surface area contributed by atoms with Gasteiger partial charge in [0.2, 0.25) is 0 Å². The van der Waals surface area contributed by atoms with Gasteiger partial charge in [-0.15, -0.1) is 0 Å². The SMILES string of the molecule is C[C@@H]1CN(C(=O)c2ncccc2O)[C@H]2CCCC[C@H]12. The van der Waals surface area contributed by atoms with E-state index in [1.807, 2.05) is 4.90 Å². The summed E-state index contributed by atoms with van der Waals surface area (Å²) in [5, 5.41) is 9.79. The van der Waals surface area contributed by atoms with E-state index < -0.39 is 0 Å². The Labute approximate surface area is 113 Å². The van der Waals surface area contributed by atoms with E-state index in [-0.39, 0.29) is 17.4 Å². The maximum atomic E-state index is 12.6. The first kappa shape index (κ1) is 12.5. The lowest BCUT2D eigenvalue weighted by Gasteiger charge is -2.32. The molecule has 4 heteroatoms. The largest absolute Gasteiger partial charge is 0.505 e. The van der Waals surface area contributed by atoms with Crippen molar-refractivity contribution in [2.75, 3.05) is 6.54 Å². The highest BCUT2D eigenvalue weighted by Gasteiger charge is 2.43. The Morgan fingerprint density at radius 2 is 2.21 bits per heavy atom. The number of hydrogen-bond acceptors (Lipinski definition) is 3. The molecular formula is C15H20N2O2. The van der Waals surface area contributed by atoms with Gasteiger partial charge in [0.05, 0.1) is 0 Å². The van der Waals surface area contributed by atoms with Crippen molar-refractivity contribution in [3.8, 4) is 5.75 Å². The predicted octanol–water partition coefficient (Wildman–Crippen LogP) is 2.44. The van der Waals surface area contributed by atoms with Crippen molar-refractivity contribution in [1.29, 1.82) is 0 Å². The lowest BCUT2D eigenvalue weighted by atomic mass is 9.80. The summed E-state index contributed by atoms with van der Waals surface area (Å²) in [4.78, 5) is 18.6. The Morgan fingerprint density at radius 1 is 1.42 bits per heavy atom. The molecule has 2 heterocycles. The summed E-state index contributed by atoms with van der Waals surface area (Å²) in [6.45, 7) is 3.03. The summed E-state index contributed by atoms with van der Waals surface area (Å²) in [5.74, 6) is 1.06. The highest BCUT2D eigenvalue weighted by atomic mass is 16.3. The second-order valence-electron chi connectivity index (χ2n) is 5.82. The fraction of sp³-hybridized carbons (Fsp3) is 0.600. The number of aromatic nitrogens is 1. The Morgan fingerprint density at radius 3 is 3.00 bits per heavy atom. The number of aromatic hydroxyl groups is 1. The maximum absolute atomic E-state index is 12.6. The molecule has 0 spiro atoms. The van der Waals surface area contributed by atoms with Gasteiger partial charge < -0.3 is 10.0 Å². The van der Waals surface area contributed by atoms with Crippen LogP contribution in [-0.2, 0) is 0 Å². The van der Waals surface area contributed by atoms with Crippen LogP contribution < -0.4 is 0 Å². The number of amides is 1. The lowest BCUT2D eigenvalue weighted by Crippen LogP contribution is -2.39. The molecule has 1 aromatic heterocycles. The zero-order chi connectivity index (χ0) is 13.4. The molecule has 102 valence electrons. The van der Waals surface area contributed by atoms with Gasteiger partial charge in [0, 0.05) is 18.8 Å². The lowest BCUT2D eigenvalue weighted by molar-refractivity contribution is 0.0681. The van der Waals surface area contributed by atoms with E-state index in [4.69, 9.17) is 0 Å². The zero-order valence-electron chi connectivity index (χ0n) is 11.2. The highest BCUT2D eigenvalue weighted by molar-refractivity contribution is 5.95. The number of rotatable bonds is 1. The van der Waals surface area contributed by atoms with Crippen LogP contribution >= 0.6 is 0 Å². The molecule has 0 radical (unpaired) electrons. The first-order valence-corrected chi connectivity index (χ1v) is 7.13. The first-order chi connectivity index (χ1) is 9.18. The molecule has 1 saturated carbocycles. The first-order valence-electron chi connectivity index (χ1n) is 7.13. The van der Waals surface area contributed by atoms with Gasteiger partial charge in [0.1, 0.15) is 5.75 Å². The average molecular weight is 260 g/mol. The number of likely N-dealkylation sites (tertiary alicyclic amines) is 1. The maximum Gasteiger partial charge on any atom is 0.276 e. The predicted molar refractivity (Wildman–Crippen MR) is 71.8 cm³/mol. The molecule has 1 aliphatic carbocycles. The van der Waals surface area contributed by atoms with Crippen molar-refractivity contribution in [1.82, 2.24) is 9.88 Å². The molecule has 1 N–H and O–H groups in total. The number of carbonyl (C=O) groups excluding carboxylic acids is 1. The number of pyridine rings is 1. The Bertz CT molecular complexity index is 489. The van der Waals surface area contributed by atoms with E-state index in [0.29, 0.717) is 17.9 Å². The Balaban J connectivity index is 1.86. The molecule has 0 aromatic carbocycles. The van der Waals surface area contributed by atoms with Crippen LogP contribution in [0.5, 0.6) is 5.75 Å². The molecule has 2 aliphatic rings. The number of fused-ring (bicyclic) bond motifs is 1. The minimum atomic E-state index is -0.112. The molecule has 0 unspecified atom stereocenters. The molecule has 3 atom stereocenters. The fourth-order valence-electron chi connectivity index (χ4n) is 3.70. The van der Waals surface area contributed by atoms with Gasteiger partial charge in [-0.3, -0.25) is 4.79 Å². The van der Waals surface area contributed by atoms with Crippen LogP contribution in [0.15, 0.2) is 18.3 Å². The minimum absolute atomic E-state index is 0.0144. The molecule has 2 fully saturated rings. The van der Waals surface area contributed by atoms with Crippen LogP contribution in [-0.4, -0.2) is 33.5 Å². The van der Waals surface area contributed by atoms with Crippen molar-refractivity contribution in [3.63, 3.8) is 0 Å². The van der Waals surface area contributed by atoms with E-state index in [0.717, 1.165) is 13.0 Å². The van der Waals surface area contributed by atoms with Crippen LogP contribution in [0.25, 0.3) is 0 Å². The average Bonchev–Trinajstić information content (AvgIpc) is 2.77. The Hall–Kier alpha value is -1.58. The second-order valence-corrected chi connectivity index (χ2v) is 5.82. The second kappa shape index (κ2) is 4.83. The molecule has 0 bridgehead atoms. The van der Waals surface area contributed by atoms with Gasteiger partial charge in [-0.25, -0.2) is 4.98 Å². The number of hydrogen-bond donors (Lipinski definition) is 1. The molecule has 1 amide bonds. The topological polar surface area (TPSA) is 53.4 Å². The van der Waals surface area contributed by atoms with Crippen LogP contribution in [0.2, 0.25) is 0 Å². The zero-order valence-corrected chi connectivity index (χ0v) is 11.2. The molecule has 4 nitrogen and oxygen atoms in total. The quantitative estimate of drug-likeness (QED) is 0.843. The Kier molecular flexibility index (Phi) is 3.17. The van der Waals surface area contributed by atoms with Crippen LogP contribution in [0.4, 0.5) is 0 Å². The third-order valence-electron chi connectivity index (χ3n) is 4.65. The van der Waals surface area contributed by atoms with Crippen LogP contribution in [0.3, 0.4) is 0 Å². The summed E-state index contributed by atoms with van der Waals surface area (Å²) < 4.78 is 0. The molecule has 1 aliphatic heterocycles. The van der Waals surface area contributed by atoms with E-state index in [1.165, 1.54) is 25.3 Å². The van der Waals surface area contributed by atoms with Crippen LogP contribution in [0.1, 0.15) is 43.1 Å². The summed E-state index contributed by atoms with van der Waals surface area (Å²) in [6.07, 6.45) is 6.36. The molecule has 19 heavy (non-hydrogen) atoms. The third-order valence-corrected chi connectivity index (χ3v) is 4.65. The monoisotopic (exact) mass is 260 g/mol. The molecule has 1 aromatic rings. The fourth-order valence-corrected chi connectivity index (χ4v) is 3.70. The normalized spacial score (nSPS) is 30.2. The van der Waals surface area contributed by atoms with E-state index in [9.17, 15) is 9.90 Å². The number of carbonyl (C=O) groups is 1. The van der Waals surface area contributed by atoms with Gasteiger partial charge in [-0.1, -0.05) is 19.8 Å². The van der Waals surface area contributed by atoms with Crippen molar-refractivity contribution in [2.24, 2.45) is 11.8 Å². The van der Waals surface area contributed by atoms with E-state index in [2.05, 4.69) is 11.9 Å². The van der Waals surface area contributed by atoms with E-state index in [1.54, 1.807) is 12.3 Å². The molecule has 3 rings (SSSR count). The van der Waals surface area contributed by atoms with Gasteiger partial charge in [-0.2, -0.15) is 0 Å². The van der Waals surface area contributed by atoms with Crippen LogP contribution in [0, 0.1) is 11.8 Å². The highest BCUT2D eigenvalue weighted by Crippen LogP contribution is 2.40. The smallest absolute Gasteiger partial charge is 0.276 e. The van der Waals surface area contributed by atoms with Gasteiger partial charge in [-0.05, 0) is 36.8 Å². The summed E-state index contributed by atoms with van der Waals surface area (Å²) in [6, 6.07) is 3.51. The summed E-state index contributed by atoms with van der Waals surface area (Å²) in [5.41, 5.74) is 0.195.